The normalized spacial score (nSPS) is 15.5. The molecule has 1 aromatic carbocycles. The average Bonchev–Trinajstić information content (AvgIpc) is 2.53. The van der Waals surface area contributed by atoms with E-state index in [-0.39, 0.29) is 5.04 Å². The molecule has 0 radical (unpaired) electrons. The Balaban J connectivity index is 2.22. The fourth-order valence-electron chi connectivity index (χ4n) is 2.05. The van der Waals surface area contributed by atoms with Crippen LogP contribution in [0.4, 0.5) is 0 Å². The van der Waals surface area contributed by atoms with Gasteiger partial charge in [-0.15, -0.1) is 0 Å². The summed E-state index contributed by atoms with van der Waals surface area (Å²) in [7, 11) is -1.78. The van der Waals surface area contributed by atoms with E-state index in [1.54, 1.807) is 0 Å². The Morgan fingerprint density at radius 2 is 1.76 bits per heavy atom. The maximum Gasteiger partial charge on any atom is 0.192 e. The van der Waals surface area contributed by atoms with Gasteiger partial charge in [-0.3, -0.25) is 0 Å². The largest absolute Gasteiger partial charge is 0.414 e. The second kappa shape index (κ2) is 10.3. The molecule has 25 heavy (non-hydrogen) atoms. The first-order chi connectivity index (χ1) is 11.6. The first-order valence-electron chi connectivity index (χ1n) is 9.22. The van der Waals surface area contributed by atoms with Gasteiger partial charge >= 0.3 is 0 Å². The highest BCUT2D eigenvalue weighted by atomic mass is 28.4. The monoisotopic (exact) mass is 364 g/mol. The summed E-state index contributed by atoms with van der Waals surface area (Å²) in [5.41, 5.74) is 1.19. The minimum Gasteiger partial charge on any atom is -0.414 e. The molecule has 0 amide bonds. The van der Waals surface area contributed by atoms with Gasteiger partial charge in [0.15, 0.2) is 8.32 Å². The number of aliphatic hydroxyl groups excluding tert-OH is 1. The van der Waals surface area contributed by atoms with Gasteiger partial charge in [0.1, 0.15) is 0 Å². The topological polar surface area (TPSA) is 38.7 Å². The van der Waals surface area contributed by atoms with Crippen LogP contribution in [0.5, 0.6) is 0 Å². The molecule has 0 heterocycles. The van der Waals surface area contributed by atoms with Crippen molar-refractivity contribution >= 4 is 8.32 Å². The molecule has 0 saturated carbocycles. The summed E-state index contributed by atoms with van der Waals surface area (Å²) in [6.07, 6.45) is 4.33. The third kappa shape index (κ3) is 8.81. The van der Waals surface area contributed by atoms with Crippen LogP contribution in [0, 0.1) is 5.92 Å². The predicted molar refractivity (Wildman–Crippen MR) is 108 cm³/mol. The lowest BCUT2D eigenvalue weighted by Gasteiger charge is -2.36. The van der Waals surface area contributed by atoms with Gasteiger partial charge in [-0.25, -0.2) is 0 Å². The van der Waals surface area contributed by atoms with Crippen molar-refractivity contribution in [2.45, 2.75) is 65.0 Å². The summed E-state index contributed by atoms with van der Waals surface area (Å²) in [5.74, 6) is 0.331. The number of rotatable bonds is 10. The molecule has 0 fully saturated rings. The zero-order chi connectivity index (χ0) is 18.9. The summed E-state index contributed by atoms with van der Waals surface area (Å²) in [4.78, 5) is 0. The third-order valence-electron chi connectivity index (χ3n) is 4.81. The second-order valence-electron chi connectivity index (χ2n) is 8.37. The highest BCUT2D eigenvalue weighted by molar-refractivity contribution is 6.74. The number of hydrogen-bond donors (Lipinski definition) is 1. The Labute approximate surface area is 155 Å². The van der Waals surface area contributed by atoms with Crippen molar-refractivity contribution in [1.82, 2.24) is 0 Å². The van der Waals surface area contributed by atoms with Crippen LogP contribution in [0.15, 0.2) is 42.5 Å². The first-order valence-corrected chi connectivity index (χ1v) is 12.1. The van der Waals surface area contributed by atoms with Crippen LogP contribution < -0.4 is 0 Å². The molecule has 0 bridgehead atoms. The zero-order valence-corrected chi connectivity index (χ0v) is 17.8. The molecule has 1 rings (SSSR count). The molecule has 1 aromatic rings. The van der Waals surface area contributed by atoms with Gasteiger partial charge in [0, 0.05) is 0 Å². The lowest BCUT2D eigenvalue weighted by molar-refractivity contribution is 0.0995. The Kier molecular flexibility index (Phi) is 9.07. The van der Waals surface area contributed by atoms with Gasteiger partial charge in [-0.2, -0.15) is 0 Å². The van der Waals surface area contributed by atoms with Gasteiger partial charge in [-0.1, -0.05) is 70.2 Å². The van der Waals surface area contributed by atoms with Crippen molar-refractivity contribution in [3.05, 3.63) is 48.0 Å². The molecule has 1 N–H and O–H groups in total. The number of benzene rings is 1. The van der Waals surface area contributed by atoms with Gasteiger partial charge in [-0.05, 0) is 36.0 Å². The summed E-state index contributed by atoms with van der Waals surface area (Å²) >= 11 is 0. The number of ether oxygens (including phenoxy) is 1. The van der Waals surface area contributed by atoms with Gasteiger partial charge in [0.2, 0.25) is 0 Å². The number of aliphatic hydroxyl groups is 1. The summed E-state index contributed by atoms with van der Waals surface area (Å²) in [5, 5.41) is 10.3. The van der Waals surface area contributed by atoms with Crippen molar-refractivity contribution in [2.24, 2.45) is 5.92 Å². The van der Waals surface area contributed by atoms with Gasteiger partial charge in [0.25, 0.3) is 0 Å². The number of hydrogen-bond acceptors (Lipinski definition) is 3. The maximum atomic E-state index is 10.1. The molecule has 2 atom stereocenters. The average molecular weight is 365 g/mol. The zero-order valence-electron chi connectivity index (χ0n) is 16.8. The van der Waals surface area contributed by atoms with Gasteiger partial charge < -0.3 is 14.3 Å². The molecule has 0 aromatic heterocycles. The van der Waals surface area contributed by atoms with Crippen LogP contribution in [-0.2, 0) is 15.8 Å². The Hall–Kier alpha value is -0.943. The second-order valence-corrected chi connectivity index (χ2v) is 13.2. The molecule has 0 aliphatic heterocycles. The van der Waals surface area contributed by atoms with Crippen molar-refractivity contribution in [2.75, 3.05) is 13.2 Å². The molecular weight excluding hydrogens is 328 g/mol. The van der Waals surface area contributed by atoms with Crippen LogP contribution in [0.1, 0.15) is 39.7 Å². The fraction of sp³-hybridized carbons (Fsp3) is 0.619. The van der Waals surface area contributed by atoms with Crippen LogP contribution >= 0.6 is 0 Å². The smallest absolute Gasteiger partial charge is 0.192 e. The van der Waals surface area contributed by atoms with E-state index in [4.69, 9.17) is 9.16 Å². The molecular formula is C21H36O3Si. The lowest BCUT2D eigenvalue weighted by atomic mass is 10.1. The minimum absolute atomic E-state index is 0.174. The van der Waals surface area contributed by atoms with E-state index >= 15 is 0 Å². The minimum atomic E-state index is -1.78. The molecule has 0 aliphatic carbocycles. The standard InChI is InChI=1S/C21H36O3Si/c1-18(15-23-16-19-12-8-7-9-13-19)11-10-14-20(22)17-24-25(5,6)21(2,3)4/h7-13,18,20,22H,14-17H2,1-6H3/b11-10+/t18-,20-/m1/s1. The Bertz CT molecular complexity index is 506. The van der Waals surface area contributed by atoms with Crippen LogP contribution in [0.25, 0.3) is 0 Å². The predicted octanol–water partition coefficient (Wildman–Crippen LogP) is 5.17. The highest BCUT2D eigenvalue weighted by Crippen LogP contribution is 2.36. The van der Waals surface area contributed by atoms with E-state index < -0.39 is 14.4 Å². The van der Waals surface area contributed by atoms with E-state index in [1.807, 2.05) is 24.3 Å². The van der Waals surface area contributed by atoms with E-state index in [0.29, 0.717) is 32.2 Å². The summed E-state index contributed by atoms with van der Waals surface area (Å²) in [6, 6.07) is 10.2. The molecule has 4 heteroatoms. The van der Waals surface area contributed by atoms with Crippen LogP contribution in [0.3, 0.4) is 0 Å². The summed E-state index contributed by atoms with van der Waals surface area (Å²) in [6.45, 7) is 14.9. The van der Waals surface area contributed by atoms with E-state index in [1.165, 1.54) is 5.56 Å². The van der Waals surface area contributed by atoms with Crippen molar-refractivity contribution in [1.29, 1.82) is 0 Å². The Morgan fingerprint density at radius 3 is 2.36 bits per heavy atom. The third-order valence-corrected chi connectivity index (χ3v) is 9.31. The maximum absolute atomic E-state index is 10.1. The van der Waals surface area contributed by atoms with E-state index in [9.17, 15) is 5.11 Å². The fourth-order valence-corrected chi connectivity index (χ4v) is 3.09. The summed E-state index contributed by atoms with van der Waals surface area (Å²) < 4.78 is 11.8. The van der Waals surface area contributed by atoms with Crippen LogP contribution in [0.2, 0.25) is 18.1 Å². The van der Waals surface area contributed by atoms with Gasteiger partial charge in [0.05, 0.1) is 25.9 Å². The molecule has 142 valence electrons. The molecule has 0 unspecified atom stereocenters. The molecule has 0 spiro atoms. The lowest BCUT2D eigenvalue weighted by Crippen LogP contribution is -2.42. The van der Waals surface area contributed by atoms with E-state index in [0.717, 1.165) is 0 Å². The quantitative estimate of drug-likeness (QED) is 0.460. The van der Waals surface area contributed by atoms with Crippen molar-refractivity contribution < 1.29 is 14.3 Å². The molecule has 3 nitrogen and oxygen atoms in total. The Morgan fingerprint density at radius 1 is 1.12 bits per heavy atom. The first kappa shape index (κ1) is 22.1. The highest BCUT2D eigenvalue weighted by Gasteiger charge is 2.37. The van der Waals surface area contributed by atoms with Crippen molar-refractivity contribution in [3.63, 3.8) is 0 Å². The van der Waals surface area contributed by atoms with Crippen LogP contribution in [-0.4, -0.2) is 32.7 Å². The van der Waals surface area contributed by atoms with E-state index in [2.05, 4.69) is 59.0 Å². The molecule has 0 aliphatic rings. The molecule has 0 saturated heterocycles. The SMILES string of the molecule is C[C@H](/C=C/C[C@@H](O)CO[Si](C)(C)C(C)(C)C)COCc1ccccc1. The van der Waals surface area contributed by atoms with Crippen molar-refractivity contribution in [3.8, 4) is 0 Å².